The Hall–Kier alpha value is -3.12. The van der Waals surface area contributed by atoms with Crippen LogP contribution in [0.4, 0.5) is 5.69 Å². The minimum absolute atomic E-state index is 0. The number of hydrogen-bond donors (Lipinski definition) is 1. The maximum absolute atomic E-state index is 12.4. The Morgan fingerprint density at radius 2 is 1.67 bits per heavy atom. The molecule has 2 aromatic heterocycles. The van der Waals surface area contributed by atoms with Crippen molar-refractivity contribution < 1.29 is 30.0 Å². The van der Waals surface area contributed by atoms with Crippen molar-refractivity contribution in [1.82, 2.24) is 4.98 Å². The van der Waals surface area contributed by atoms with Gasteiger partial charge in [-0.25, -0.2) is 11.3 Å². The third kappa shape index (κ3) is 6.55. The van der Waals surface area contributed by atoms with E-state index in [1.165, 1.54) is 15.1 Å². The molecule has 1 N–H and O–H groups in total. The van der Waals surface area contributed by atoms with Crippen molar-refractivity contribution in [1.29, 1.82) is 0 Å². The molecular weight excluding hydrogens is 647 g/mol. The molecule has 36 heavy (non-hydrogen) atoms. The number of anilines is 1. The van der Waals surface area contributed by atoms with Crippen LogP contribution in [-0.2, 0) is 24.9 Å². The molecule has 5 nitrogen and oxygen atoms in total. The number of allylic oxidation sites excluding steroid dienone is 1. The number of para-hydroxylation sites is 1. The molecule has 0 atom stereocenters. The van der Waals surface area contributed by atoms with Gasteiger partial charge in [-0.15, -0.1) is 23.6 Å². The number of benzene rings is 2. The van der Waals surface area contributed by atoms with Gasteiger partial charge in [0.2, 0.25) is 0 Å². The molecule has 0 unspecified atom stereocenters. The van der Waals surface area contributed by atoms with Gasteiger partial charge in [-0.05, 0) is 40.1 Å². The predicted molar refractivity (Wildman–Crippen MR) is 145 cm³/mol. The van der Waals surface area contributed by atoms with Gasteiger partial charge in [-0.2, -0.15) is 10.1 Å². The van der Waals surface area contributed by atoms with Gasteiger partial charge in [-0.1, -0.05) is 63.2 Å². The molecule has 0 fully saturated rings. The van der Waals surface area contributed by atoms with Gasteiger partial charge in [0.15, 0.2) is 0 Å². The normalized spacial score (nSPS) is 14.6. The van der Waals surface area contributed by atoms with Crippen LogP contribution in [0.15, 0.2) is 95.4 Å². The second-order valence-corrected chi connectivity index (χ2v) is 10.5. The summed E-state index contributed by atoms with van der Waals surface area (Å²) >= 11 is 1.73. The van der Waals surface area contributed by atoms with E-state index in [-0.39, 0.29) is 37.2 Å². The van der Waals surface area contributed by atoms with Crippen LogP contribution in [-0.4, -0.2) is 21.7 Å². The Bertz CT molecular complexity index is 1360. The van der Waals surface area contributed by atoms with Crippen LogP contribution in [0.2, 0.25) is 0 Å². The zero-order chi connectivity index (χ0) is 25.0. The summed E-state index contributed by atoms with van der Waals surface area (Å²) in [4.78, 5) is 17.9. The topological polar surface area (TPSA) is 65.8 Å². The number of pyridine rings is 1. The number of hydrazone groups is 1. The minimum atomic E-state index is -0.268. The summed E-state index contributed by atoms with van der Waals surface area (Å²) in [5, 5.41) is 17.0. The molecule has 0 saturated heterocycles. The number of aromatic nitrogens is 1. The van der Waals surface area contributed by atoms with Crippen molar-refractivity contribution in [3.05, 3.63) is 96.4 Å². The quantitative estimate of drug-likeness (QED) is 0.140. The first kappa shape index (κ1) is 27.5. The summed E-state index contributed by atoms with van der Waals surface area (Å²) in [6.07, 6.45) is 2.26. The maximum Gasteiger partial charge on any atom is 0.284 e. The predicted octanol–water partition coefficient (Wildman–Crippen LogP) is 7.42. The Kier molecular flexibility index (Phi) is 8.96. The fourth-order valence-corrected chi connectivity index (χ4v) is 4.69. The fourth-order valence-electron chi connectivity index (χ4n) is 3.70. The summed E-state index contributed by atoms with van der Waals surface area (Å²) in [5.74, 6) is -0.155. The van der Waals surface area contributed by atoms with Crippen molar-refractivity contribution in [2.24, 2.45) is 10.5 Å². The number of fused-ring (bicyclic) bond motifs is 1. The van der Waals surface area contributed by atoms with Crippen molar-refractivity contribution in [2.45, 2.75) is 34.1 Å². The van der Waals surface area contributed by atoms with E-state index in [1.54, 1.807) is 18.3 Å². The molecule has 5 rings (SSSR count). The monoisotopic (exact) mass is 675 g/mol. The van der Waals surface area contributed by atoms with E-state index in [4.69, 9.17) is 0 Å². The van der Waals surface area contributed by atoms with Gasteiger partial charge >= 0.3 is 0 Å². The molecule has 0 saturated carbocycles. The Morgan fingerprint density at radius 1 is 1.00 bits per heavy atom. The van der Waals surface area contributed by atoms with Crippen LogP contribution in [0.3, 0.4) is 0 Å². The summed E-state index contributed by atoms with van der Waals surface area (Å²) in [7, 11) is 0. The molecular formula is C29H28IrN3O2S-. The SMILES string of the molecule is CC1=NN(c2ccccc2)C(=O)C1=C(O)CC(C)(C)C.[Ir].[c-]1c(-c2ccccn2)sc2ccccc12. The average molecular weight is 675 g/mol. The molecule has 7 heteroatoms. The number of hydrogen-bond acceptors (Lipinski definition) is 5. The number of nitrogens with zero attached hydrogens (tertiary/aromatic N) is 3. The van der Waals surface area contributed by atoms with Crippen LogP contribution < -0.4 is 5.01 Å². The third-order valence-corrected chi connectivity index (χ3v) is 6.34. The zero-order valence-corrected chi connectivity index (χ0v) is 23.9. The molecule has 2 aromatic carbocycles. The van der Waals surface area contributed by atoms with E-state index < -0.39 is 0 Å². The van der Waals surface area contributed by atoms with Crippen molar-refractivity contribution in [2.75, 3.05) is 5.01 Å². The van der Waals surface area contributed by atoms with Gasteiger partial charge in [0.1, 0.15) is 11.3 Å². The molecule has 187 valence electrons. The minimum Gasteiger partial charge on any atom is -0.511 e. The van der Waals surface area contributed by atoms with Crippen LogP contribution in [0.1, 0.15) is 34.1 Å². The van der Waals surface area contributed by atoms with Crippen molar-refractivity contribution in [3.63, 3.8) is 0 Å². The molecule has 3 heterocycles. The number of thiophene rings is 1. The van der Waals surface area contributed by atoms with Gasteiger partial charge in [0.05, 0.1) is 11.4 Å². The van der Waals surface area contributed by atoms with Crippen LogP contribution in [0.25, 0.3) is 20.7 Å². The largest absolute Gasteiger partial charge is 0.511 e. The number of aliphatic hydroxyl groups is 1. The standard InChI is InChI=1S/C16H20N2O2.C13H8NS.Ir/c1-11-14(13(19)10-16(2,3)4)15(20)18(17-11)12-8-6-5-7-9-12;1-2-7-12-10(5-1)9-13(15-12)11-6-3-4-8-14-11;/h5-9,19H,10H2,1-4H3;1-8H;/q;-1;. The zero-order valence-electron chi connectivity index (χ0n) is 20.7. The number of amides is 1. The van der Waals surface area contributed by atoms with Gasteiger partial charge in [-0.3, -0.25) is 4.79 Å². The first-order valence-corrected chi connectivity index (χ1v) is 12.2. The van der Waals surface area contributed by atoms with Crippen molar-refractivity contribution in [3.8, 4) is 10.6 Å². The second kappa shape index (κ2) is 11.7. The van der Waals surface area contributed by atoms with E-state index in [9.17, 15) is 9.90 Å². The molecule has 0 spiro atoms. The summed E-state index contributed by atoms with van der Waals surface area (Å²) < 4.78 is 1.26. The first-order valence-electron chi connectivity index (χ1n) is 11.4. The number of rotatable bonds is 3. The van der Waals surface area contributed by atoms with Gasteiger partial charge in [0, 0.05) is 38.4 Å². The molecule has 1 aliphatic rings. The van der Waals surface area contributed by atoms with E-state index in [2.05, 4.69) is 34.4 Å². The summed E-state index contributed by atoms with van der Waals surface area (Å²) in [6, 6.07) is 26.8. The summed E-state index contributed by atoms with van der Waals surface area (Å²) in [6.45, 7) is 7.80. The Balaban J connectivity index is 0.000000202. The molecule has 1 aliphatic heterocycles. The van der Waals surface area contributed by atoms with Gasteiger partial charge < -0.3 is 10.1 Å². The van der Waals surface area contributed by atoms with E-state index in [0.717, 1.165) is 10.6 Å². The number of carbonyl (C=O) groups is 1. The third-order valence-electron chi connectivity index (χ3n) is 5.25. The molecule has 1 radical (unpaired) electrons. The summed E-state index contributed by atoms with van der Waals surface area (Å²) in [5.41, 5.74) is 2.50. The molecule has 0 bridgehead atoms. The molecule has 4 aromatic rings. The van der Waals surface area contributed by atoms with E-state index in [0.29, 0.717) is 23.4 Å². The molecule has 1 amide bonds. The average Bonchev–Trinajstić information content (AvgIpc) is 3.40. The van der Waals surface area contributed by atoms with Gasteiger partial charge in [0.25, 0.3) is 5.91 Å². The Labute approximate surface area is 229 Å². The van der Waals surface area contributed by atoms with E-state index >= 15 is 0 Å². The van der Waals surface area contributed by atoms with Crippen LogP contribution >= 0.6 is 11.3 Å². The van der Waals surface area contributed by atoms with Crippen molar-refractivity contribution >= 4 is 38.7 Å². The maximum atomic E-state index is 12.4. The second-order valence-electron chi connectivity index (χ2n) is 9.46. The first-order chi connectivity index (χ1) is 16.7. The van der Waals surface area contributed by atoms with Crippen LogP contribution in [0.5, 0.6) is 0 Å². The molecule has 0 aliphatic carbocycles. The fraction of sp³-hybridized carbons (Fsp3) is 0.207. The number of aliphatic hydroxyl groups excluding tert-OH is 1. The van der Waals surface area contributed by atoms with Crippen LogP contribution in [0, 0.1) is 11.5 Å². The Morgan fingerprint density at radius 3 is 2.31 bits per heavy atom. The van der Waals surface area contributed by atoms with E-state index in [1.807, 2.05) is 81.6 Å². The number of carbonyl (C=O) groups excluding carboxylic acids is 1. The smallest absolute Gasteiger partial charge is 0.284 e.